The van der Waals surface area contributed by atoms with E-state index in [4.69, 9.17) is 4.74 Å². The molecule has 33 heavy (non-hydrogen) atoms. The summed E-state index contributed by atoms with van der Waals surface area (Å²) in [7, 11) is 1.53. The highest BCUT2D eigenvalue weighted by Gasteiger charge is 2.27. The summed E-state index contributed by atoms with van der Waals surface area (Å²) in [4.78, 5) is 42.3. The first-order chi connectivity index (χ1) is 15.8. The van der Waals surface area contributed by atoms with Crippen LogP contribution in [0, 0.1) is 20.8 Å². The van der Waals surface area contributed by atoms with Crippen molar-refractivity contribution in [2.75, 3.05) is 56.6 Å². The second-order valence-corrected chi connectivity index (χ2v) is 9.11. The van der Waals surface area contributed by atoms with Gasteiger partial charge in [-0.3, -0.25) is 14.5 Å². The van der Waals surface area contributed by atoms with Crippen LogP contribution in [0.15, 0.2) is 18.2 Å². The van der Waals surface area contributed by atoms with Gasteiger partial charge in [0.05, 0.1) is 23.6 Å². The van der Waals surface area contributed by atoms with E-state index in [-0.39, 0.29) is 30.5 Å². The van der Waals surface area contributed by atoms with Crippen molar-refractivity contribution in [3.8, 4) is 0 Å². The molecule has 1 aromatic heterocycles. The van der Waals surface area contributed by atoms with Crippen molar-refractivity contribution in [2.45, 2.75) is 27.7 Å². The number of ether oxygens (including phenoxy) is 1. The second-order valence-electron chi connectivity index (χ2n) is 8.09. The Morgan fingerprint density at radius 1 is 1.06 bits per heavy atom. The van der Waals surface area contributed by atoms with Gasteiger partial charge < -0.3 is 20.3 Å². The number of hydrogen-bond donors (Lipinski definition) is 2. The maximum atomic E-state index is 12.8. The van der Waals surface area contributed by atoms with E-state index < -0.39 is 5.97 Å². The zero-order valence-corrected chi connectivity index (χ0v) is 20.7. The van der Waals surface area contributed by atoms with Gasteiger partial charge in [-0.05, 0) is 50.5 Å². The van der Waals surface area contributed by atoms with E-state index >= 15 is 0 Å². The van der Waals surface area contributed by atoms with Crippen LogP contribution in [-0.4, -0.2) is 69.1 Å². The summed E-state index contributed by atoms with van der Waals surface area (Å²) < 4.78 is 5.15. The molecule has 0 unspecified atom stereocenters. The lowest BCUT2D eigenvalue weighted by Crippen LogP contribution is -2.48. The number of nitrogens with zero attached hydrogens (tertiary/aromatic N) is 2. The van der Waals surface area contributed by atoms with Gasteiger partial charge in [-0.25, -0.2) is 4.79 Å². The van der Waals surface area contributed by atoms with Crippen LogP contribution >= 0.6 is 11.3 Å². The summed E-state index contributed by atoms with van der Waals surface area (Å²) in [6.07, 6.45) is 0. The van der Waals surface area contributed by atoms with Crippen LogP contribution in [0.5, 0.6) is 0 Å². The van der Waals surface area contributed by atoms with E-state index in [1.54, 1.807) is 13.8 Å². The lowest BCUT2D eigenvalue weighted by atomic mass is 10.1. The molecule has 3 rings (SSSR count). The Morgan fingerprint density at radius 2 is 1.76 bits per heavy atom. The summed E-state index contributed by atoms with van der Waals surface area (Å²) in [5, 5.41) is 5.76. The molecule has 1 saturated heterocycles. The number of carbonyl (C=O) groups is 3. The van der Waals surface area contributed by atoms with Gasteiger partial charge in [0.15, 0.2) is 0 Å². The molecule has 0 atom stereocenters. The van der Waals surface area contributed by atoms with E-state index in [0.29, 0.717) is 15.4 Å². The summed E-state index contributed by atoms with van der Waals surface area (Å²) in [5.41, 5.74) is 4.56. The number of benzene rings is 1. The Bertz CT molecular complexity index is 1040. The van der Waals surface area contributed by atoms with Crippen LogP contribution in [0.3, 0.4) is 0 Å². The molecule has 2 amide bonds. The van der Waals surface area contributed by atoms with Gasteiger partial charge in [-0.15, -0.1) is 11.3 Å². The van der Waals surface area contributed by atoms with Crippen LogP contribution in [-0.2, 0) is 9.53 Å². The van der Waals surface area contributed by atoms with Gasteiger partial charge in [0.2, 0.25) is 5.91 Å². The average molecular weight is 473 g/mol. The third-order valence-corrected chi connectivity index (χ3v) is 7.17. The van der Waals surface area contributed by atoms with Gasteiger partial charge in [0.25, 0.3) is 5.91 Å². The molecule has 0 saturated carbocycles. The minimum Gasteiger partial charge on any atom is -0.462 e. The minimum absolute atomic E-state index is 0.210. The number of esters is 1. The number of carbonyl (C=O) groups excluding carboxylic acids is 3. The van der Waals surface area contributed by atoms with Gasteiger partial charge in [0, 0.05) is 38.9 Å². The molecule has 9 heteroatoms. The Balaban J connectivity index is 1.66. The van der Waals surface area contributed by atoms with Gasteiger partial charge >= 0.3 is 5.97 Å². The van der Waals surface area contributed by atoms with Crippen molar-refractivity contribution in [3.05, 3.63) is 45.3 Å². The molecule has 178 valence electrons. The SMILES string of the molecule is CCOC(=O)c1c(NC(=O)CN2CCN(c3cccc(C)c3C)CC2)sc(C(=O)NC)c1C. The molecule has 1 fully saturated rings. The zero-order chi connectivity index (χ0) is 24.1. The lowest BCUT2D eigenvalue weighted by molar-refractivity contribution is -0.117. The van der Waals surface area contributed by atoms with E-state index in [9.17, 15) is 14.4 Å². The fraction of sp³-hybridized carbons (Fsp3) is 0.458. The molecule has 8 nitrogen and oxygen atoms in total. The fourth-order valence-electron chi connectivity index (χ4n) is 3.98. The van der Waals surface area contributed by atoms with Crippen LogP contribution in [0.25, 0.3) is 0 Å². The van der Waals surface area contributed by atoms with Crippen molar-refractivity contribution >= 4 is 39.8 Å². The molecule has 2 N–H and O–H groups in total. The molecule has 0 radical (unpaired) electrons. The van der Waals surface area contributed by atoms with Gasteiger partial charge in [0.1, 0.15) is 5.00 Å². The van der Waals surface area contributed by atoms with Gasteiger partial charge in [-0.2, -0.15) is 0 Å². The number of nitrogens with one attached hydrogen (secondary N) is 2. The molecule has 2 aromatic rings. The molecule has 1 aliphatic rings. The number of aryl methyl sites for hydroxylation is 1. The van der Waals surface area contributed by atoms with Crippen LogP contribution < -0.4 is 15.5 Å². The topological polar surface area (TPSA) is 91.0 Å². The Kier molecular flexibility index (Phi) is 8.10. The Hall–Kier alpha value is -2.91. The normalized spacial score (nSPS) is 14.2. The number of rotatable bonds is 7. The molecule has 1 aromatic carbocycles. The third kappa shape index (κ3) is 5.54. The number of anilines is 2. The summed E-state index contributed by atoms with van der Waals surface area (Å²) >= 11 is 1.09. The van der Waals surface area contributed by atoms with Crippen LogP contribution in [0.4, 0.5) is 10.7 Å². The van der Waals surface area contributed by atoms with Gasteiger partial charge in [-0.1, -0.05) is 12.1 Å². The molecule has 2 heterocycles. The minimum atomic E-state index is -0.543. The molecule has 0 bridgehead atoms. The predicted molar refractivity (Wildman–Crippen MR) is 132 cm³/mol. The predicted octanol–water partition coefficient (Wildman–Crippen LogP) is 2.97. The first-order valence-electron chi connectivity index (χ1n) is 11.1. The first-order valence-corrected chi connectivity index (χ1v) is 11.9. The first kappa shape index (κ1) is 24.7. The quantitative estimate of drug-likeness (QED) is 0.602. The van der Waals surface area contributed by atoms with Crippen molar-refractivity contribution in [1.82, 2.24) is 10.2 Å². The molecular weight excluding hydrogens is 440 g/mol. The Morgan fingerprint density at radius 3 is 2.39 bits per heavy atom. The fourth-order valence-corrected chi connectivity index (χ4v) is 5.13. The van der Waals surface area contributed by atoms with Crippen LogP contribution in [0.2, 0.25) is 0 Å². The maximum Gasteiger partial charge on any atom is 0.341 e. The highest BCUT2D eigenvalue weighted by atomic mass is 32.1. The molecular formula is C24H32N4O4S. The molecule has 0 aliphatic carbocycles. The zero-order valence-electron chi connectivity index (χ0n) is 19.9. The van der Waals surface area contributed by atoms with Crippen molar-refractivity contribution < 1.29 is 19.1 Å². The summed E-state index contributed by atoms with van der Waals surface area (Å²) in [6, 6.07) is 6.34. The van der Waals surface area contributed by atoms with E-state index in [2.05, 4.69) is 52.5 Å². The lowest BCUT2D eigenvalue weighted by Gasteiger charge is -2.36. The van der Waals surface area contributed by atoms with E-state index in [1.807, 2.05) is 0 Å². The number of hydrogen-bond acceptors (Lipinski definition) is 7. The smallest absolute Gasteiger partial charge is 0.341 e. The third-order valence-electron chi connectivity index (χ3n) is 5.97. The van der Waals surface area contributed by atoms with Crippen LogP contribution in [0.1, 0.15) is 43.6 Å². The van der Waals surface area contributed by atoms with E-state index in [1.165, 1.54) is 23.9 Å². The number of amides is 2. The maximum absolute atomic E-state index is 12.8. The largest absolute Gasteiger partial charge is 0.462 e. The highest BCUT2D eigenvalue weighted by molar-refractivity contribution is 7.18. The number of piperazine rings is 1. The van der Waals surface area contributed by atoms with Crippen molar-refractivity contribution in [2.24, 2.45) is 0 Å². The monoisotopic (exact) mass is 472 g/mol. The standard InChI is InChI=1S/C24H32N4O4S/c1-6-32-24(31)20-17(4)21(22(30)25-5)33-23(20)26-19(29)14-27-10-12-28(13-11-27)18-9-7-8-15(2)16(18)3/h7-9H,6,10-14H2,1-5H3,(H,25,30)(H,26,29). The summed E-state index contributed by atoms with van der Waals surface area (Å²) in [5.74, 6) is -1.06. The number of thiophene rings is 1. The summed E-state index contributed by atoms with van der Waals surface area (Å²) in [6.45, 7) is 11.3. The molecule has 0 spiro atoms. The van der Waals surface area contributed by atoms with Crippen molar-refractivity contribution in [3.63, 3.8) is 0 Å². The Labute approximate surface area is 198 Å². The molecule has 1 aliphatic heterocycles. The second kappa shape index (κ2) is 10.8. The average Bonchev–Trinajstić information content (AvgIpc) is 3.11. The van der Waals surface area contributed by atoms with Crippen molar-refractivity contribution in [1.29, 1.82) is 0 Å². The highest BCUT2D eigenvalue weighted by Crippen LogP contribution is 2.34. The van der Waals surface area contributed by atoms with E-state index in [0.717, 1.165) is 37.5 Å².